The SMILES string of the molecule is CNc1ccc([N+](=O)[O-])cc1CN(C)C(=O)C(F)(F)F. The third-order valence-corrected chi connectivity index (χ3v) is 2.57. The number of alkyl halides is 3. The van der Waals surface area contributed by atoms with Crippen LogP contribution in [0.5, 0.6) is 0 Å². The number of hydrogen-bond acceptors (Lipinski definition) is 4. The number of non-ortho nitro benzene ring substituents is 1. The summed E-state index contributed by atoms with van der Waals surface area (Å²) < 4.78 is 36.8. The van der Waals surface area contributed by atoms with Crippen LogP contribution in [0.15, 0.2) is 18.2 Å². The van der Waals surface area contributed by atoms with Gasteiger partial charge in [0.15, 0.2) is 0 Å². The Morgan fingerprint density at radius 2 is 2.05 bits per heavy atom. The van der Waals surface area contributed by atoms with Crippen molar-refractivity contribution in [2.75, 3.05) is 19.4 Å². The first-order valence-corrected chi connectivity index (χ1v) is 5.44. The van der Waals surface area contributed by atoms with E-state index >= 15 is 0 Å². The van der Waals surface area contributed by atoms with Gasteiger partial charge in [-0.25, -0.2) is 0 Å². The van der Waals surface area contributed by atoms with E-state index in [4.69, 9.17) is 0 Å². The van der Waals surface area contributed by atoms with Crippen LogP contribution in [0.3, 0.4) is 0 Å². The lowest BCUT2D eigenvalue weighted by Crippen LogP contribution is -2.38. The van der Waals surface area contributed by atoms with Crippen molar-refractivity contribution in [3.8, 4) is 0 Å². The molecule has 0 bridgehead atoms. The molecule has 0 radical (unpaired) electrons. The monoisotopic (exact) mass is 291 g/mol. The van der Waals surface area contributed by atoms with Gasteiger partial charge < -0.3 is 10.2 Å². The second-order valence-corrected chi connectivity index (χ2v) is 4.01. The van der Waals surface area contributed by atoms with E-state index in [1.807, 2.05) is 0 Å². The van der Waals surface area contributed by atoms with Crippen molar-refractivity contribution >= 4 is 17.3 Å². The van der Waals surface area contributed by atoms with Crippen LogP contribution in [0, 0.1) is 10.1 Å². The highest BCUT2D eigenvalue weighted by Gasteiger charge is 2.41. The van der Waals surface area contributed by atoms with E-state index in [0.29, 0.717) is 10.6 Å². The smallest absolute Gasteiger partial charge is 0.388 e. The van der Waals surface area contributed by atoms with E-state index in [9.17, 15) is 28.1 Å². The molecule has 1 aromatic carbocycles. The summed E-state index contributed by atoms with van der Waals surface area (Å²) in [6.07, 6.45) is -4.98. The van der Waals surface area contributed by atoms with Gasteiger partial charge in [0.1, 0.15) is 0 Å². The third kappa shape index (κ3) is 3.59. The Morgan fingerprint density at radius 1 is 1.45 bits per heavy atom. The Balaban J connectivity index is 3.04. The molecule has 0 aromatic heterocycles. The minimum absolute atomic E-state index is 0.224. The van der Waals surface area contributed by atoms with Crippen LogP contribution in [-0.4, -0.2) is 36.0 Å². The van der Waals surface area contributed by atoms with Gasteiger partial charge in [0, 0.05) is 44.0 Å². The van der Waals surface area contributed by atoms with E-state index in [0.717, 1.165) is 13.1 Å². The molecule has 1 rings (SSSR count). The predicted molar refractivity (Wildman–Crippen MR) is 65.2 cm³/mol. The average Bonchev–Trinajstić information content (AvgIpc) is 2.36. The number of nitrogens with zero attached hydrogens (tertiary/aromatic N) is 2. The number of amides is 1. The molecule has 110 valence electrons. The fourth-order valence-corrected chi connectivity index (χ4v) is 1.61. The highest BCUT2D eigenvalue weighted by molar-refractivity contribution is 5.81. The Morgan fingerprint density at radius 3 is 2.50 bits per heavy atom. The molecule has 0 atom stereocenters. The molecule has 1 amide bonds. The third-order valence-electron chi connectivity index (χ3n) is 2.57. The summed E-state index contributed by atoms with van der Waals surface area (Å²) in [6, 6.07) is 3.73. The number of halogens is 3. The normalized spacial score (nSPS) is 11.1. The molecular formula is C11H12F3N3O3. The molecule has 9 heteroatoms. The highest BCUT2D eigenvalue weighted by Crippen LogP contribution is 2.25. The first-order valence-electron chi connectivity index (χ1n) is 5.44. The summed E-state index contributed by atoms with van der Waals surface area (Å²) >= 11 is 0. The predicted octanol–water partition coefficient (Wildman–Crippen LogP) is 2.16. The maximum Gasteiger partial charge on any atom is 0.471 e. The van der Waals surface area contributed by atoms with Gasteiger partial charge in [-0.3, -0.25) is 14.9 Å². The molecule has 0 unspecified atom stereocenters. The van der Waals surface area contributed by atoms with Crippen LogP contribution >= 0.6 is 0 Å². The van der Waals surface area contributed by atoms with Crippen molar-refractivity contribution in [3.05, 3.63) is 33.9 Å². The molecule has 0 saturated carbocycles. The van der Waals surface area contributed by atoms with Crippen molar-refractivity contribution in [3.63, 3.8) is 0 Å². The lowest BCUT2D eigenvalue weighted by atomic mass is 10.1. The summed E-state index contributed by atoms with van der Waals surface area (Å²) in [5, 5.41) is 13.4. The van der Waals surface area contributed by atoms with Gasteiger partial charge in [0.25, 0.3) is 5.69 Å². The van der Waals surface area contributed by atoms with Crippen LogP contribution in [0.25, 0.3) is 0 Å². The first kappa shape index (κ1) is 15.7. The van der Waals surface area contributed by atoms with Crippen molar-refractivity contribution < 1.29 is 22.9 Å². The first-order chi connectivity index (χ1) is 9.16. The number of hydrogen-bond donors (Lipinski definition) is 1. The van der Waals surface area contributed by atoms with Crippen LogP contribution in [0.2, 0.25) is 0 Å². The van der Waals surface area contributed by atoms with Crippen molar-refractivity contribution in [2.45, 2.75) is 12.7 Å². The lowest BCUT2D eigenvalue weighted by Gasteiger charge is -2.20. The van der Waals surface area contributed by atoms with Gasteiger partial charge in [0.05, 0.1) is 4.92 Å². The van der Waals surface area contributed by atoms with Gasteiger partial charge in [0.2, 0.25) is 0 Å². The maximum absolute atomic E-state index is 12.3. The fraction of sp³-hybridized carbons (Fsp3) is 0.364. The maximum atomic E-state index is 12.3. The van der Waals surface area contributed by atoms with Crippen molar-refractivity contribution in [1.82, 2.24) is 4.90 Å². The minimum Gasteiger partial charge on any atom is -0.388 e. The lowest BCUT2D eigenvalue weighted by molar-refractivity contribution is -0.384. The van der Waals surface area contributed by atoms with Crippen LogP contribution in [0.1, 0.15) is 5.56 Å². The molecule has 0 heterocycles. The minimum atomic E-state index is -4.98. The second-order valence-electron chi connectivity index (χ2n) is 4.01. The van der Waals surface area contributed by atoms with Crippen molar-refractivity contribution in [1.29, 1.82) is 0 Å². The van der Waals surface area contributed by atoms with E-state index in [1.54, 1.807) is 0 Å². The Bertz CT molecular complexity index is 531. The molecule has 0 aliphatic rings. The molecule has 1 aromatic rings. The van der Waals surface area contributed by atoms with Crippen LogP contribution in [-0.2, 0) is 11.3 Å². The number of carbonyl (C=O) groups is 1. The zero-order valence-corrected chi connectivity index (χ0v) is 10.7. The van der Waals surface area contributed by atoms with E-state index < -0.39 is 23.6 Å². The van der Waals surface area contributed by atoms with E-state index in [2.05, 4.69) is 5.32 Å². The zero-order valence-electron chi connectivity index (χ0n) is 10.7. The van der Waals surface area contributed by atoms with Gasteiger partial charge in [-0.2, -0.15) is 13.2 Å². The molecule has 0 spiro atoms. The number of nitrogens with one attached hydrogen (secondary N) is 1. The Labute approximate surface area is 112 Å². The topological polar surface area (TPSA) is 75.5 Å². The highest BCUT2D eigenvalue weighted by atomic mass is 19.4. The van der Waals surface area contributed by atoms with Crippen LogP contribution < -0.4 is 5.32 Å². The fourth-order valence-electron chi connectivity index (χ4n) is 1.61. The van der Waals surface area contributed by atoms with E-state index in [1.165, 1.54) is 19.2 Å². The van der Waals surface area contributed by atoms with Gasteiger partial charge in [-0.1, -0.05) is 0 Å². The second kappa shape index (κ2) is 5.76. The van der Waals surface area contributed by atoms with Gasteiger partial charge >= 0.3 is 12.1 Å². The number of anilines is 1. The summed E-state index contributed by atoms with van der Waals surface area (Å²) in [6.45, 7) is -0.393. The summed E-state index contributed by atoms with van der Waals surface area (Å²) in [7, 11) is 2.50. The summed E-state index contributed by atoms with van der Waals surface area (Å²) in [4.78, 5) is 21.5. The number of carbonyl (C=O) groups excluding carboxylic acids is 1. The average molecular weight is 291 g/mol. The molecule has 6 nitrogen and oxygen atoms in total. The summed E-state index contributed by atoms with van der Waals surface area (Å²) in [5.41, 5.74) is 0.381. The van der Waals surface area contributed by atoms with Gasteiger partial charge in [-0.15, -0.1) is 0 Å². The standard InChI is InChI=1S/C11H12F3N3O3/c1-15-9-4-3-8(17(19)20)5-7(9)6-16(2)10(18)11(12,13)14/h3-5,15H,6H2,1-2H3. The number of rotatable bonds is 4. The number of nitro benzene ring substituents is 1. The molecule has 0 fully saturated rings. The number of nitro groups is 1. The van der Waals surface area contributed by atoms with Gasteiger partial charge in [-0.05, 0) is 6.07 Å². The quantitative estimate of drug-likeness (QED) is 0.681. The Kier molecular flexibility index (Phi) is 4.53. The van der Waals surface area contributed by atoms with Crippen molar-refractivity contribution in [2.24, 2.45) is 0 Å². The van der Waals surface area contributed by atoms with E-state index in [-0.39, 0.29) is 11.3 Å². The molecule has 0 saturated heterocycles. The largest absolute Gasteiger partial charge is 0.471 e. The Hall–Kier alpha value is -2.32. The van der Waals surface area contributed by atoms with Crippen LogP contribution in [0.4, 0.5) is 24.5 Å². The molecule has 1 N–H and O–H groups in total. The molecule has 0 aliphatic carbocycles. The molecule has 20 heavy (non-hydrogen) atoms. The number of benzene rings is 1. The molecule has 0 aliphatic heterocycles. The molecular weight excluding hydrogens is 279 g/mol. The zero-order chi connectivity index (χ0) is 15.5. The summed E-state index contributed by atoms with van der Waals surface area (Å²) in [5.74, 6) is -2.01.